The second-order valence-corrected chi connectivity index (χ2v) is 3.66. The molecule has 0 aliphatic heterocycles. The highest BCUT2D eigenvalue weighted by Gasteiger charge is 2.18. The zero-order chi connectivity index (χ0) is 13.5. The standard InChI is InChI=1S/C11H14N2O5/c1-2-3-4-5-18-10-9(11(14)15)6-8(7-12-10)13(16)17/h6-7H,2-5H2,1H3,(H,14,15). The van der Waals surface area contributed by atoms with Crippen LogP contribution in [0.1, 0.15) is 36.5 Å². The van der Waals surface area contributed by atoms with Crippen LogP contribution in [-0.4, -0.2) is 27.6 Å². The Bertz CT molecular complexity index is 447. The van der Waals surface area contributed by atoms with Gasteiger partial charge in [0, 0.05) is 6.07 Å². The van der Waals surface area contributed by atoms with Crippen LogP contribution in [-0.2, 0) is 0 Å². The zero-order valence-electron chi connectivity index (χ0n) is 9.96. The summed E-state index contributed by atoms with van der Waals surface area (Å²) in [6, 6.07) is 0.949. The van der Waals surface area contributed by atoms with E-state index in [1.165, 1.54) is 0 Å². The first-order chi connectivity index (χ1) is 8.56. The number of ether oxygens (including phenoxy) is 1. The van der Waals surface area contributed by atoms with Crippen molar-refractivity contribution in [1.29, 1.82) is 0 Å². The van der Waals surface area contributed by atoms with Crippen LogP contribution in [0.25, 0.3) is 0 Å². The predicted octanol–water partition coefficient (Wildman–Crippen LogP) is 2.26. The maximum atomic E-state index is 10.9. The lowest BCUT2D eigenvalue weighted by Gasteiger charge is -2.07. The molecule has 7 nitrogen and oxygen atoms in total. The summed E-state index contributed by atoms with van der Waals surface area (Å²) in [5.74, 6) is -1.37. The van der Waals surface area contributed by atoms with Crippen molar-refractivity contribution in [2.45, 2.75) is 26.2 Å². The molecule has 0 unspecified atom stereocenters. The van der Waals surface area contributed by atoms with E-state index in [0.29, 0.717) is 6.61 Å². The minimum Gasteiger partial charge on any atom is -0.477 e. The summed E-state index contributed by atoms with van der Waals surface area (Å²) in [6.45, 7) is 2.38. The van der Waals surface area contributed by atoms with Crippen molar-refractivity contribution in [2.24, 2.45) is 0 Å². The second-order valence-electron chi connectivity index (χ2n) is 3.66. The number of aromatic carboxylic acids is 1. The topological polar surface area (TPSA) is 103 Å². The van der Waals surface area contributed by atoms with Crippen molar-refractivity contribution in [3.8, 4) is 5.88 Å². The Morgan fingerprint density at radius 3 is 2.83 bits per heavy atom. The van der Waals surface area contributed by atoms with Crippen LogP contribution in [0.15, 0.2) is 12.3 Å². The monoisotopic (exact) mass is 254 g/mol. The lowest BCUT2D eigenvalue weighted by atomic mass is 10.2. The first-order valence-electron chi connectivity index (χ1n) is 5.56. The van der Waals surface area contributed by atoms with E-state index in [1.807, 2.05) is 6.92 Å². The van der Waals surface area contributed by atoms with Gasteiger partial charge in [0.25, 0.3) is 5.69 Å². The molecule has 0 radical (unpaired) electrons. The molecule has 0 spiro atoms. The molecule has 1 N–H and O–H groups in total. The third-order valence-electron chi connectivity index (χ3n) is 2.26. The van der Waals surface area contributed by atoms with Gasteiger partial charge in [-0.3, -0.25) is 10.1 Å². The van der Waals surface area contributed by atoms with Gasteiger partial charge in [-0.25, -0.2) is 9.78 Å². The van der Waals surface area contributed by atoms with Gasteiger partial charge in [-0.05, 0) is 6.42 Å². The third-order valence-corrected chi connectivity index (χ3v) is 2.26. The van der Waals surface area contributed by atoms with Gasteiger partial charge in [0.15, 0.2) is 0 Å². The van der Waals surface area contributed by atoms with Crippen molar-refractivity contribution >= 4 is 11.7 Å². The van der Waals surface area contributed by atoms with Crippen molar-refractivity contribution in [3.05, 3.63) is 27.9 Å². The minimum absolute atomic E-state index is 0.0794. The van der Waals surface area contributed by atoms with E-state index in [-0.39, 0.29) is 17.1 Å². The molecule has 1 aromatic heterocycles. The Kier molecular flexibility index (Phi) is 5.04. The highest BCUT2D eigenvalue weighted by molar-refractivity contribution is 5.90. The average Bonchev–Trinajstić information content (AvgIpc) is 2.34. The Morgan fingerprint density at radius 2 is 2.28 bits per heavy atom. The first-order valence-corrected chi connectivity index (χ1v) is 5.56. The Labute approximate surface area is 104 Å². The Morgan fingerprint density at radius 1 is 1.56 bits per heavy atom. The molecule has 1 aromatic rings. The van der Waals surface area contributed by atoms with Crippen molar-refractivity contribution < 1.29 is 19.6 Å². The number of carboxylic acids is 1. The molecule has 0 bridgehead atoms. The van der Waals surface area contributed by atoms with Crippen LogP contribution < -0.4 is 4.74 Å². The number of hydrogen-bond acceptors (Lipinski definition) is 5. The third kappa shape index (κ3) is 3.69. The van der Waals surface area contributed by atoms with Crippen LogP contribution in [0, 0.1) is 10.1 Å². The maximum absolute atomic E-state index is 10.9. The molecule has 0 aliphatic carbocycles. The SMILES string of the molecule is CCCCCOc1ncc([N+](=O)[O-])cc1C(=O)O. The molecule has 1 heterocycles. The number of aromatic nitrogens is 1. The number of unbranched alkanes of at least 4 members (excludes halogenated alkanes) is 2. The second kappa shape index (κ2) is 6.53. The summed E-state index contributed by atoms with van der Waals surface area (Å²) in [7, 11) is 0. The number of nitrogens with zero attached hydrogens (tertiary/aromatic N) is 2. The molecular formula is C11H14N2O5. The highest BCUT2D eigenvalue weighted by atomic mass is 16.6. The molecule has 0 aliphatic rings. The van der Waals surface area contributed by atoms with E-state index in [1.54, 1.807) is 0 Å². The largest absolute Gasteiger partial charge is 0.477 e. The maximum Gasteiger partial charge on any atom is 0.341 e. The van der Waals surface area contributed by atoms with E-state index < -0.39 is 10.9 Å². The normalized spacial score (nSPS) is 10.1. The molecule has 0 saturated heterocycles. The fourth-order valence-electron chi connectivity index (χ4n) is 1.33. The summed E-state index contributed by atoms with van der Waals surface area (Å²) in [5, 5.41) is 19.5. The van der Waals surface area contributed by atoms with E-state index in [0.717, 1.165) is 31.5 Å². The van der Waals surface area contributed by atoms with Gasteiger partial charge in [0.05, 0.1) is 11.5 Å². The van der Waals surface area contributed by atoms with Gasteiger partial charge in [0.1, 0.15) is 11.8 Å². The number of pyridine rings is 1. The van der Waals surface area contributed by atoms with Crippen molar-refractivity contribution in [3.63, 3.8) is 0 Å². The van der Waals surface area contributed by atoms with Crippen LogP contribution in [0.3, 0.4) is 0 Å². The first kappa shape index (κ1) is 13.9. The summed E-state index contributed by atoms with van der Waals surface area (Å²) < 4.78 is 5.22. The van der Waals surface area contributed by atoms with Gasteiger partial charge >= 0.3 is 5.97 Å². The smallest absolute Gasteiger partial charge is 0.341 e. The molecular weight excluding hydrogens is 240 g/mol. The van der Waals surface area contributed by atoms with Crippen LogP contribution >= 0.6 is 0 Å². The summed E-state index contributed by atoms with van der Waals surface area (Å²) >= 11 is 0. The molecule has 7 heteroatoms. The van der Waals surface area contributed by atoms with E-state index >= 15 is 0 Å². The number of hydrogen-bond donors (Lipinski definition) is 1. The van der Waals surface area contributed by atoms with Gasteiger partial charge in [-0.15, -0.1) is 0 Å². The van der Waals surface area contributed by atoms with Crippen LogP contribution in [0.5, 0.6) is 5.88 Å². The number of rotatable bonds is 7. The number of nitro groups is 1. The summed E-state index contributed by atoms with van der Waals surface area (Å²) in [6.07, 6.45) is 3.76. The fraction of sp³-hybridized carbons (Fsp3) is 0.455. The molecule has 0 aromatic carbocycles. The molecule has 18 heavy (non-hydrogen) atoms. The molecule has 0 amide bonds. The molecule has 0 fully saturated rings. The molecule has 0 saturated carbocycles. The molecule has 98 valence electrons. The van der Waals surface area contributed by atoms with Gasteiger partial charge < -0.3 is 9.84 Å². The summed E-state index contributed by atoms with van der Waals surface area (Å²) in [5.41, 5.74) is -0.658. The Hall–Kier alpha value is -2.18. The summed E-state index contributed by atoms with van der Waals surface area (Å²) in [4.78, 5) is 24.4. The average molecular weight is 254 g/mol. The minimum atomic E-state index is -1.29. The molecule has 1 rings (SSSR count). The van der Waals surface area contributed by atoms with E-state index in [2.05, 4.69) is 4.98 Å². The quantitative estimate of drug-likeness (QED) is 0.454. The van der Waals surface area contributed by atoms with Crippen molar-refractivity contribution in [2.75, 3.05) is 6.61 Å². The zero-order valence-corrected chi connectivity index (χ0v) is 9.96. The van der Waals surface area contributed by atoms with Gasteiger partial charge in [-0.1, -0.05) is 19.8 Å². The van der Waals surface area contributed by atoms with Gasteiger partial charge in [-0.2, -0.15) is 0 Å². The number of carboxylic acid groups (broad SMARTS) is 1. The lowest BCUT2D eigenvalue weighted by Crippen LogP contribution is -2.07. The van der Waals surface area contributed by atoms with Crippen molar-refractivity contribution in [1.82, 2.24) is 4.98 Å². The van der Waals surface area contributed by atoms with E-state index in [4.69, 9.17) is 9.84 Å². The van der Waals surface area contributed by atoms with Gasteiger partial charge in [0.2, 0.25) is 5.88 Å². The highest BCUT2D eigenvalue weighted by Crippen LogP contribution is 2.21. The number of carbonyl (C=O) groups is 1. The fourth-order valence-corrected chi connectivity index (χ4v) is 1.33. The van der Waals surface area contributed by atoms with Crippen LogP contribution in [0.4, 0.5) is 5.69 Å². The predicted molar refractivity (Wildman–Crippen MR) is 62.9 cm³/mol. The molecule has 0 atom stereocenters. The van der Waals surface area contributed by atoms with Crippen LogP contribution in [0.2, 0.25) is 0 Å². The lowest BCUT2D eigenvalue weighted by molar-refractivity contribution is -0.385. The Balaban J connectivity index is 2.83. The van der Waals surface area contributed by atoms with E-state index in [9.17, 15) is 14.9 Å².